The van der Waals surface area contributed by atoms with Crippen LogP contribution in [0.2, 0.25) is 0 Å². The molecule has 3 nitrogen and oxygen atoms in total. The number of hydrogen-bond donors (Lipinski definition) is 3. The highest BCUT2D eigenvalue weighted by Gasteiger charge is 2.18. The van der Waals surface area contributed by atoms with Crippen LogP contribution >= 0.6 is 0 Å². The molecule has 2 rings (SSSR count). The van der Waals surface area contributed by atoms with Crippen LogP contribution in [0, 0.1) is 6.92 Å². The number of hydrogen-bond acceptors (Lipinski definition) is 3. The van der Waals surface area contributed by atoms with Gasteiger partial charge in [0.1, 0.15) is 11.5 Å². The van der Waals surface area contributed by atoms with Crippen molar-refractivity contribution >= 4 is 16.8 Å². The minimum absolute atomic E-state index is 0.123. The molecule has 3 heteroatoms. The summed E-state index contributed by atoms with van der Waals surface area (Å²) in [6, 6.07) is 7.24. The Morgan fingerprint density at radius 2 is 1.35 bits per heavy atom. The normalized spacial score (nSPS) is 14.6. The Morgan fingerprint density at radius 3 is 1.94 bits per heavy atom. The molecule has 0 saturated carbocycles. The van der Waals surface area contributed by atoms with Crippen molar-refractivity contribution in [3.8, 4) is 11.5 Å². The zero-order valence-corrected chi connectivity index (χ0v) is 21.8. The lowest BCUT2D eigenvalue weighted by Gasteiger charge is -2.19. The summed E-state index contributed by atoms with van der Waals surface area (Å²) in [7, 11) is 0. The van der Waals surface area contributed by atoms with E-state index in [1.165, 1.54) is 16.7 Å². The molecular formula is C31H42O3. The highest BCUT2D eigenvalue weighted by molar-refractivity contribution is 5.97. The fourth-order valence-electron chi connectivity index (χ4n) is 4.05. The van der Waals surface area contributed by atoms with E-state index in [1.54, 1.807) is 38.1 Å². The molecule has 0 aliphatic heterocycles. The fraction of sp³-hybridized carbons (Fsp3) is 0.419. The molecule has 184 valence electrons. The van der Waals surface area contributed by atoms with E-state index < -0.39 is 5.60 Å². The van der Waals surface area contributed by atoms with E-state index in [2.05, 4.69) is 45.9 Å². The van der Waals surface area contributed by atoms with Gasteiger partial charge in [-0.3, -0.25) is 0 Å². The third-order valence-corrected chi connectivity index (χ3v) is 6.33. The van der Waals surface area contributed by atoms with E-state index in [-0.39, 0.29) is 11.5 Å². The molecule has 0 aliphatic carbocycles. The third-order valence-electron chi connectivity index (χ3n) is 6.33. The molecule has 0 saturated heterocycles. The highest BCUT2D eigenvalue weighted by atomic mass is 16.3. The molecule has 1 unspecified atom stereocenters. The maximum absolute atomic E-state index is 10.8. The van der Waals surface area contributed by atoms with Gasteiger partial charge in [0.15, 0.2) is 0 Å². The first-order valence-corrected chi connectivity index (χ1v) is 12.3. The van der Waals surface area contributed by atoms with Gasteiger partial charge in [0, 0.05) is 21.9 Å². The summed E-state index contributed by atoms with van der Waals surface area (Å²) in [6.45, 7) is 12.2. The average Bonchev–Trinajstić information content (AvgIpc) is 2.77. The molecule has 0 radical (unpaired) electrons. The van der Waals surface area contributed by atoms with Gasteiger partial charge in [0.25, 0.3) is 0 Å². The molecule has 2 aromatic carbocycles. The van der Waals surface area contributed by atoms with Crippen molar-refractivity contribution < 1.29 is 15.3 Å². The maximum Gasteiger partial charge on any atom is 0.131 e. The van der Waals surface area contributed by atoms with E-state index in [4.69, 9.17) is 0 Å². The minimum Gasteiger partial charge on any atom is -0.507 e. The van der Waals surface area contributed by atoms with Gasteiger partial charge in [-0.25, -0.2) is 0 Å². The molecule has 3 N–H and O–H groups in total. The van der Waals surface area contributed by atoms with Crippen LogP contribution in [0.15, 0.2) is 65.3 Å². The predicted molar refractivity (Wildman–Crippen MR) is 146 cm³/mol. The van der Waals surface area contributed by atoms with Crippen LogP contribution in [0.4, 0.5) is 0 Å². The number of allylic oxidation sites excluding steroid dienone is 6. The second kappa shape index (κ2) is 12.6. The number of phenols is 2. The third kappa shape index (κ3) is 8.22. The molecule has 0 heterocycles. The van der Waals surface area contributed by atoms with Gasteiger partial charge in [-0.05, 0) is 80.1 Å². The second-order valence-corrected chi connectivity index (χ2v) is 9.97. The van der Waals surface area contributed by atoms with Crippen LogP contribution in [-0.4, -0.2) is 20.9 Å². The number of aliphatic hydroxyl groups is 1. The molecule has 0 fully saturated rings. The molecule has 0 spiro atoms. The van der Waals surface area contributed by atoms with E-state index >= 15 is 0 Å². The predicted octanol–water partition coefficient (Wildman–Crippen LogP) is 8.52. The van der Waals surface area contributed by atoms with Crippen molar-refractivity contribution in [3.05, 3.63) is 76.4 Å². The lowest BCUT2D eigenvalue weighted by atomic mass is 9.94. The van der Waals surface area contributed by atoms with Gasteiger partial charge in [0.2, 0.25) is 0 Å². The lowest BCUT2D eigenvalue weighted by molar-refractivity contribution is 0.104. The SMILES string of the molecule is CC(C)=CCCC(C)=CCCC(C)=CCCC(C)(O)/C=C/c1c(C)c(O)c2ccccc2c1O. The Bertz CT molecular complexity index is 1090. The van der Waals surface area contributed by atoms with E-state index in [9.17, 15) is 15.3 Å². The molecule has 0 aromatic heterocycles. The number of benzene rings is 2. The summed E-state index contributed by atoms with van der Waals surface area (Å²) in [4.78, 5) is 0. The van der Waals surface area contributed by atoms with Crippen molar-refractivity contribution in [2.24, 2.45) is 0 Å². The Kier molecular flexibility index (Phi) is 10.2. The van der Waals surface area contributed by atoms with Gasteiger partial charge >= 0.3 is 0 Å². The van der Waals surface area contributed by atoms with Crippen molar-refractivity contribution in [2.45, 2.75) is 85.7 Å². The quantitative estimate of drug-likeness (QED) is 0.232. The highest BCUT2D eigenvalue weighted by Crippen LogP contribution is 2.40. The van der Waals surface area contributed by atoms with Crippen molar-refractivity contribution in [1.82, 2.24) is 0 Å². The maximum atomic E-state index is 10.8. The first-order chi connectivity index (χ1) is 16.0. The summed E-state index contributed by atoms with van der Waals surface area (Å²) < 4.78 is 0. The van der Waals surface area contributed by atoms with Gasteiger partial charge < -0.3 is 15.3 Å². The van der Waals surface area contributed by atoms with E-state index in [1.807, 2.05) is 12.1 Å². The Balaban J connectivity index is 1.94. The number of aromatic hydroxyl groups is 2. The zero-order valence-electron chi connectivity index (χ0n) is 21.8. The molecule has 0 bridgehead atoms. The molecule has 34 heavy (non-hydrogen) atoms. The smallest absolute Gasteiger partial charge is 0.131 e. The molecule has 1 atom stereocenters. The van der Waals surface area contributed by atoms with Gasteiger partial charge in [-0.15, -0.1) is 0 Å². The van der Waals surface area contributed by atoms with Crippen molar-refractivity contribution in [2.75, 3.05) is 0 Å². The monoisotopic (exact) mass is 462 g/mol. The topological polar surface area (TPSA) is 60.7 Å². The fourth-order valence-corrected chi connectivity index (χ4v) is 4.05. The molecule has 0 aliphatic rings. The first-order valence-electron chi connectivity index (χ1n) is 12.3. The summed E-state index contributed by atoms with van der Waals surface area (Å²) in [5, 5.41) is 33.4. The van der Waals surface area contributed by atoms with Gasteiger partial charge in [-0.2, -0.15) is 0 Å². The summed E-state index contributed by atoms with van der Waals surface area (Å²) in [5.41, 5.74) is 4.27. The Morgan fingerprint density at radius 1 is 0.824 bits per heavy atom. The number of rotatable bonds is 11. The number of fused-ring (bicyclic) bond motifs is 1. The standard InChI is InChI=1S/C31H42O3/c1-22(2)12-9-13-23(3)14-10-15-24(4)16-11-20-31(6,34)21-19-26-25(5)29(32)27-17-7-8-18-28(27)30(26)33/h7-8,12,14,16-19,21,32-34H,9-11,13,15,20H2,1-6H3/b21-19+,23-14?,24-16?. The van der Waals surface area contributed by atoms with Crippen molar-refractivity contribution in [1.29, 1.82) is 0 Å². The first kappa shape index (κ1) is 27.5. The zero-order chi connectivity index (χ0) is 25.3. The van der Waals surface area contributed by atoms with Gasteiger partial charge in [-0.1, -0.05) is 71.4 Å². The van der Waals surface area contributed by atoms with Crippen molar-refractivity contribution in [3.63, 3.8) is 0 Å². The number of phenolic OH excluding ortho intramolecular Hbond substituents is 2. The van der Waals surface area contributed by atoms with Crippen LogP contribution in [0.5, 0.6) is 11.5 Å². The largest absolute Gasteiger partial charge is 0.507 e. The van der Waals surface area contributed by atoms with Crippen LogP contribution in [-0.2, 0) is 0 Å². The molecule has 0 amide bonds. The van der Waals surface area contributed by atoms with Crippen LogP contribution in [0.25, 0.3) is 16.8 Å². The van der Waals surface area contributed by atoms with E-state index in [0.717, 1.165) is 32.1 Å². The minimum atomic E-state index is -1.02. The van der Waals surface area contributed by atoms with Crippen LogP contribution < -0.4 is 0 Å². The van der Waals surface area contributed by atoms with Crippen LogP contribution in [0.1, 0.15) is 84.3 Å². The van der Waals surface area contributed by atoms with E-state index in [0.29, 0.717) is 28.3 Å². The summed E-state index contributed by atoms with van der Waals surface area (Å²) >= 11 is 0. The average molecular weight is 463 g/mol. The second-order valence-electron chi connectivity index (χ2n) is 9.97. The van der Waals surface area contributed by atoms with Crippen LogP contribution in [0.3, 0.4) is 0 Å². The molecular weight excluding hydrogens is 420 g/mol. The van der Waals surface area contributed by atoms with Gasteiger partial charge in [0.05, 0.1) is 5.60 Å². The summed E-state index contributed by atoms with van der Waals surface area (Å²) in [6.07, 6.45) is 15.9. The lowest BCUT2D eigenvalue weighted by Crippen LogP contribution is -2.19. The Hall–Kier alpha value is -2.78. The summed E-state index contributed by atoms with van der Waals surface area (Å²) in [5.74, 6) is 0.283. The Labute approximate surface area is 205 Å². The molecule has 2 aromatic rings.